The number of aryl methyl sites for hydroxylation is 2. The van der Waals surface area contributed by atoms with Gasteiger partial charge in [-0.15, -0.1) is 0 Å². The van der Waals surface area contributed by atoms with Crippen LogP contribution < -0.4 is 0 Å². The van der Waals surface area contributed by atoms with E-state index in [4.69, 9.17) is 4.74 Å². The number of esters is 1. The highest BCUT2D eigenvalue weighted by atomic mass is 16.5. The van der Waals surface area contributed by atoms with E-state index in [1.54, 1.807) is 49.8 Å². The first-order valence-electron chi connectivity index (χ1n) is 11.4. The van der Waals surface area contributed by atoms with Crippen LogP contribution in [-0.2, 0) is 21.4 Å². The van der Waals surface area contributed by atoms with Crippen molar-refractivity contribution in [3.05, 3.63) is 57.9 Å². The van der Waals surface area contributed by atoms with Crippen molar-refractivity contribution in [1.29, 1.82) is 0 Å². The van der Waals surface area contributed by atoms with Crippen LogP contribution in [-0.4, -0.2) is 75.6 Å². The summed E-state index contributed by atoms with van der Waals surface area (Å²) < 4.78 is 6.41. The molecular weight excluding hydrogens is 436 g/mol. The van der Waals surface area contributed by atoms with Crippen molar-refractivity contribution in [1.82, 2.24) is 19.6 Å². The highest BCUT2D eigenvalue weighted by molar-refractivity contribution is 6.46. The molecule has 1 aromatic carbocycles. The number of carbonyl (C=O) groups excluding carboxylic acids is 3. The largest absolute Gasteiger partial charge is 0.507 e. The Morgan fingerprint density at radius 3 is 2.32 bits per heavy atom. The number of hydrogen-bond acceptors (Lipinski definition) is 7. The summed E-state index contributed by atoms with van der Waals surface area (Å²) in [5.74, 6) is -2.06. The minimum absolute atomic E-state index is 0.0384. The number of ether oxygens (including phenoxy) is 1. The van der Waals surface area contributed by atoms with Gasteiger partial charge in [-0.3, -0.25) is 14.3 Å². The number of benzene rings is 1. The molecule has 2 saturated heterocycles. The Morgan fingerprint density at radius 1 is 1.12 bits per heavy atom. The Balaban J connectivity index is 1.80. The number of aromatic nitrogens is 2. The lowest BCUT2D eigenvalue weighted by Crippen LogP contribution is -2.37. The lowest BCUT2D eigenvalue weighted by molar-refractivity contribution is -0.140. The zero-order valence-electron chi connectivity index (χ0n) is 20.0. The summed E-state index contributed by atoms with van der Waals surface area (Å²) in [5, 5.41) is 15.7. The molecule has 1 unspecified atom stereocenters. The van der Waals surface area contributed by atoms with E-state index in [9.17, 15) is 19.5 Å². The molecule has 180 valence electrons. The fraction of sp³-hybridized carbons (Fsp3) is 0.440. The van der Waals surface area contributed by atoms with Gasteiger partial charge in [0.1, 0.15) is 5.76 Å². The topological polar surface area (TPSA) is 105 Å². The molecule has 1 amide bonds. The van der Waals surface area contributed by atoms with Crippen LogP contribution >= 0.6 is 0 Å². The highest BCUT2D eigenvalue weighted by Gasteiger charge is 2.46. The first kappa shape index (κ1) is 23.7. The third-order valence-corrected chi connectivity index (χ3v) is 6.79. The summed E-state index contributed by atoms with van der Waals surface area (Å²) in [6.45, 7) is 6.50. The standard InChI is InChI=1S/C25H30N4O5/c1-15-19(16(2)27(3)26-15)22(30)20-21(17-7-9-18(10-8-17)25(33)34-4)29(24(32)23(20)31)14-13-28-11-5-6-12-28/h7-10,21,30H,5-6,11-14H2,1-4H3/b22-20+. The Hall–Kier alpha value is -3.46. The van der Waals surface area contributed by atoms with Crippen LogP contribution in [0.25, 0.3) is 5.76 Å². The van der Waals surface area contributed by atoms with Crippen LogP contribution in [0.1, 0.15) is 51.8 Å². The predicted octanol–water partition coefficient (Wildman–Crippen LogP) is 2.34. The second-order valence-corrected chi connectivity index (χ2v) is 8.82. The molecule has 2 aliphatic heterocycles. The molecule has 0 aliphatic carbocycles. The van der Waals surface area contributed by atoms with Gasteiger partial charge in [-0.25, -0.2) is 4.79 Å². The van der Waals surface area contributed by atoms with Crippen LogP contribution in [0.3, 0.4) is 0 Å². The summed E-state index contributed by atoms with van der Waals surface area (Å²) >= 11 is 0. The number of amides is 1. The molecule has 9 nitrogen and oxygen atoms in total. The van der Waals surface area contributed by atoms with Gasteiger partial charge in [0.2, 0.25) is 0 Å². The number of hydrogen-bond donors (Lipinski definition) is 1. The monoisotopic (exact) mass is 466 g/mol. The third-order valence-electron chi connectivity index (χ3n) is 6.79. The first-order chi connectivity index (χ1) is 16.2. The summed E-state index contributed by atoms with van der Waals surface area (Å²) in [4.78, 5) is 42.1. The van der Waals surface area contributed by atoms with Gasteiger partial charge in [-0.1, -0.05) is 12.1 Å². The van der Waals surface area contributed by atoms with E-state index in [0.29, 0.717) is 41.2 Å². The van der Waals surface area contributed by atoms with Crippen molar-refractivity contribution in [2.45, 2.75) is 32.7 Å². The number of methoxy groups -OCH3 is 1. The normalized spacial score (nSPS) is 20.4. The molecule has 0 saturated carbocycles. The van der Waals surface area contributed by atoms with E-state index in [1.165, 1.54) is 12.0 Å². The number of carbonyl (C=O) groups is 3. The number of Topliss-reactive ketones (excluding diaryl/α,β-unsaturated/α-hetero) is 1. The second-order valence-electron chi connectivity index (χ2n) is 8.82. The van der Waals surface area contributed by atoms with Crippen molar-refractivity contribution < 1.29 is 24.2 Å². The summed E-state index contributed by atoms with van der Waals surface area (Å²) in [6, 6.07) is 5.82. The molecule has 4 rings (SSSR count). The molecule has 1 aromatic heterocycles. The molecule has 0 radical (unpaired) electrons. The molecular formula is C25H30N4O5. The van der Waals surface area contributed by atoms with E-state index in [-0.39, 0.29) is 11.3 Å². The molecule has 34 heavy (non-hydrogen) atoms. The molecule has 1 N–H and O–H groups in total. The van der Waals surface area contributed by atoms with E-state index < -0.39 is 23.7 Å². The quantitative estimate of drug-likeness (QED) is 0.302. The van der Waals surface area contributed by atoms with Gasteiger partial charge in [0.15, 0.2) is 0 Å². The summed E-state index contributed by atoms with van der Waals surface area (Å²) in [6.07, 6.45) is 2.24. The maximum atomic E-state index is 13.2. The van der Waals surface area contributed by atoms with Crippen molar-refractivity contribution in [3.8, 4) is 0 Å². The Morgan fingerprint density at radius 2 is 1.76 bits per heavy atom. The first-order valence-corrected chi connectivity index (χ1v) is 11.4. The van der Waals surface area contributed by atoms with E-state index in [1.807, 2.05) is 0 Å². The van der Waals surface area contributed by atoms with Crippen LogP contribution in [0.4, 0.5) is 0 Å². The zero-order chi connectivity index (χ0) is 24.6. The number of nitrogens with zero attached hydrogens (tertiary/aromatic N) is 4. The van der Waals surface area contributed by atoms with E-state index in [2.05, 4.69) is 10.00 Å². The zero-order valence-corrected chi connectivity index (χ0v) is 20.0. The van der Waals surface area contributed by atoms with Gasteiger partial charge in [-0.05, 0) is 57.5 Å². The molecule has 2 aromatic rings. The summed E-state index contributed by atoms with van der Waals surface area (Å²) in [7, 11) is 3.07. The van der Waals surface area contributed by atoms with Gasteiger partial charge in [-0.2, -0.15) is 5.10 Å². The van der Waals surface area contributed by atoms with E-state index in [0.717, 1.165) is 25.9 Å². The summed E-state index contributed by atoms with van der Waals surface area (Å²) in [5.41, 5.74) is 2.75. The number of aliphatic hydroxyl groups is 1. The Kier molecular flexibility index (Phi) is 6.56. The van der Waals surface area contributed by atoms with Crippen LogP contribution in [0.15, 0.2) is 29.8 Å². The minimum Gasteiger partial charge on any atom is -0.507 e. The Bertz CT molecular complexity index is 1160. The lowest BCUT2D eigenvalue weighted by Gasteiger charge is -2.27. The molecule has 2 fully saturated rings. The van der Waals surface area contributed by atoms with Crippen LogP contribution in [0.5, 0.6) is 0 Å². The number of ketones is 1. The van der Waals surface area contributed by atoms with Gasteiger partial charge in [0.25, 0.3) is 11.7 Å². The maximum absolute atomic E-state index is 13.2. The van der Waals surface area contributed by atoms with Gasteiger partial charge in [0, 0.05) is 25.8 Å². The molecule has 2 aliphatic rings. The minimum atomic E-state index is -0.770. The van der Waals surface area contributed by atoms with Crippen LogP contribution in [0.2, 0.25) is 0 Å². The van der Waals surface area contributed by atoms with Crippen molar-refractivity contribution in [2.24, 2.45) is 7.05 Å². The fourth-order valence-corrected chi connectivity index (χ4v) is 4.88. The lowest BCUT2D eigenvalue weighted by atomic mass is 9.94. The van der Waals surface area contributed by atoms with Crippen molar-refractivity contribution >= 4 is 23.4 Å². The smallest absolute Gasteiger partial charge is 0.337 e. The molecule has 0 bridgehead atoms. The SMILES string of the molecule is COC(=O)c1ccc(C2/C(=C(\O)c3c(C)nn(C)c3C)C(=O)C(=O)N2CCN2CCCC2)cc1. The second kappa shape index (κ2) is 9.42. The van der Waals surface area contributed by atoms with Crippen molar-refractivity contribution in [2.75, 3.05) is 33.3 Å². The average Bonchev–Trinajstić information content (AvgIpc) is 3.50. The van der Waals surface area contributed by atoms with Gasteiger partial charge < -0.3 is 19.6 Å². The maximum Gasteiger partial charge on any atom is 0.337 e. The molecule has 0 spiro atoms. The third kappa shape index (κ3) is 4.11. The Labute approximate surface area is 198 Å². The molecule has 1 atom stereocenters. The molecule has 3 heterocycles. The van der Waals surface area contributed by atoms with Crippen LogP contribution in [0, 0.1) is 13.8 Å². The average molecular weight is 467 g/mol. The number of aliphatic hydroxyl groups excluding tert-OH is 1. The number of likely N-dealkylation sites (tertiary alicyclic amines) is 2. The van der Waals surface area contributed by atoms with Gasteiger partial charge >= 0.3 is 5.97 Å². The fourth-order valence-electron chi connectivity index (χ4n) is 4.88. The van der Waals surface area contributed by atoms with Gasteiger partial charge in [0.05, 0.1) is 35.5 Å². The predicted molar refractivity (Wildman–Crippen MR) is 125 cm³/mol. The highest BCUT2D eigenvalue weighted by Crippen LogP contribution is 2.40. The number of rotatable bonds is 6. The molecule has 9 heteroatoms. The van der Waals surface area contributed by atoms with E-state index >= 15 is 0 Å². The van der Waals surface area contributed by atoms with Crippen molar-refractivity contribution in [3.63, 3.8) is 0 Å².